The van der Waals surface area contributed by atoms with Gasteiger partial charge in [-0.25, -0.2) is 4.39 Å². The van der Waals surface area contributed by atoms with E-state index >= 15 is 0 Å². The number of ketones is 1. The number of nitrogens with one attached hydrogen (secondary N) is 2. The summed E-state index contributed by atoms with van der Waals surface area (Å²) in [5, 5.41) is 6.00. The molecule has 3 atom stereocenters. The Kier molecular flexibility index (Phi) is 8.46. The number of carbonyl (C=O) groups is 3. The van der Waals surface area contributed by atoms with Crippen molar-refractivity contribution in [1.29, 1.82) is 0 Å². The monoisotopic (exact) mass is 494 g/mol. The molecule has 2 amide bonds. The van der Waals surface area contributed by atoms with Gasteiger partial charge >= 0.3 is 0 Å². The van der Waals surface area contributed by atoms with E-state index in [9.17, 15) is 18.8 Å². The van der Waals surface area contributed by atoms with E-state index in [4.69, 9.17) is 0 Å². The van der Waals surface area contributed by atoms with Gasteiger partial charge < -0.3 is 15.5 Å². The highest BCUT2D eigenvalue weighted by atomic mass is 19.1. The van der Waals surface area contributed by atoms with Crippen LogP contribution in [0, 0.1) is 11.7 Å². The van der Waals surface area contributed by atoms with Crippen molar-refractivity contribution >= 4 is 17.6 Å². The fourth-order valence-corrected chi connectivity index (χ4v) is 5.35. The second-order valence-electron chi connectivity index (χ2n) is 9.93. The number of halogens is 1. The lowest BCUT2D eigenvalue weighted by Crippen LogP contribution is -2.55. The van der Waals surface area contributed by atoms with Gasteiger partial charge in [0.15, 0.2) is 5.78 Å². The first-order valence-corrected chi connectivity index (χ1v) is 12.9. The fraction of sp³-hybridized carbons (Fsp3) is 0.500. The van der Waals surface area contributed by atoms with Gasteiger partial charge in [0.1, 0.15) is 11.9 Å². The molecule has 1 aromatic heterocycles. The van der Waals surface area contributed by atoms with Crippen molar-refractivity contribution in [2.45, 2.75) is 70.0 Å². The van der Waals surface area contributed by atoms with E-state index in [-0.39, 0.29) is 29.6 Å². The van der Waals surface area contributed by atoms with Crippen LogP contribution in [0.2, 0.25) is 0 Å². The molecule has 1 aliphatic heterocycles. The Morgan fingerprint density at radius 2 is 1.72 bits per heavy atom. The quantitative estimate of drug-likeness (QED) is 0.545. The molecular formula is C28H35FN4O3. The maximum atomic E-state index is 13.9. The summed E-state index contributed by atoms with van der Waals surface area (Å²) in [6.45, 7) is 2.38. The van der Waals surface area contributed by atoms with Gasteiger partial charge in [0.05, 0.1) is 12.1 Å². The molecule has 2 heterocycles. The van der Waals surface area contributed by atoms with Crippen molar-refractivity contribution < 1.29 is 18.8 Å². The normalized spacial score (nSPS) is 20.1. The Morgan fingerprint density at radius 1 is 1.00 bits per heavy atom. The number of carbonyl (C=O) groups excluding carboxylic acids is 3. The third-order valence-electron chi connectivity index (χ3n) is 7.56. The first-order valence-electron chi connectivity index (χ1n) is 12.9. The van der Waals surface area contributed by atoms with Gasteiger partial charge in [-0.3, -0.25) is 19.4 Å². The van der Waals surface area contributed by atoms with E-state index in [1.54, 1.807) is 26.2 Å². The fourth-order valence-electron chi connectivity index (χ4n) is 5.35. The molecule has 1 aliphatic carbocycles. The van der Waals surface area contributed by atoms with Gasteiger partial charge in [0.25, 0.3) is 0 Å². The summed E-state index contributed by atoms with van der Waals surface area (Å²) in [6.07, 6.45) is 9.93. The number of hydrogen-bond donors (Lipinski definition) is 2. The number of amides is 2. The molecular weight excluding hydrogens is 459 g/mol. The minimum atomic E-state index is -0.564. The minimum Gasteiger partial charge on any atom is -0.343 e. The lowest BCUT2D eigenvalue weighted by atomic mass is 9.83. The Balaban J connectivity index is 1.56. The van der Waals surface area contributed by atoms with Crippen molar-refractivity contribution in [3.8, 4) is 0 Å². The molecule has 0 spiro atoms. The summed E-state index contributed by atoms with van der Waals surface area (Å²) >= 11 is 0. The maximum absolute atomic E-state index is 13.9. The average molecular weight is 495 g/mol. The van der Waals surface area contributed by atoms with Gasteiger partial charge in [-0.2, -0.15) is 0 Å². The zero-order valence-electron chi connectivity index (χ0n) is 21.0. The van der Waals surface area contributed by atoms with Crippen molar-refractivity contribution in [1.82, 2.24) is 20.5 Å². The molecule has 0 unspecified atom stereocenters. The van der Waals surface area contributed by atoms with Crippen LogP contribution in [0.3, 0.4) is 0 Å². The number of nitrogens with zero attached hydrogens (tertiary/aromatic N) is 2. The molecule has 1 saturated heterocycles. The molecule has 1 saturated carbocycles. The number of likely N-dealkylation sites (N-methyl/N-ethyl adjacent to an activating group) is 1. The number of rotatable bonds is 8. The molecule has 4 rings (SSSR count). The molecule has 1 aromatic carbocycles. The van der Waals surface area contributed by atoms with Crippen molar-refractivity contribution in [2.75, 3.05) is 13.6 Å². The lowest BCUT2D eigenvalue weighted by Gasteiger charge is -2.35. The van der Waals surface area contributed by atoms with Crippen LogP contribution in [0.5, 0.6) is 0 Å². The second-order valence-corrected chi connectivity index (χ2v) is 9.93. The maximum Gasteiger partial charge on any atom is 0.245 e. The van der Waals surface area contributed by atoms with Crippen LogP contribution in [-0.2, 0) is 9.59 Å². The van der Waals surface area contributed by atoms with E-state index in [0.29, 0.717) is 17.7 Å². The predicted octanol–water partition coefficient (Wildman–Crippen LogP) is 3.79. The molecule has 0 radical (unpaired) electrons. The largest absolute Gasteiger partial charge is 0.343 e. The highest BCUT2D eigenvalue weighted by molar-refractivity contribution is 6.08. The lowest BCUT2D eigenvalue weighted by molar-refractivity contribution is -0.139. The summed E-state index contributed by atoms with van der Waals surface area (Å²) < 4.78 is 13.3. The second kappa shape index (κ2) is 11.7. The summed E-state index contributed by atoms with van der Waals surface area (Å²) in [6, 6.07) is 6.05. The summed E-state index contributed by atoms with van der Waals surface area (Å²) in [4.78, 5) is 45.8. The van der Waals surface area contributed by atoms with Crippen LogP contribution >= 0.6 is 0 Å². The van der Waals surface area contributed by atoms with Crippen LogP contribution in [0.1, 0.15) is 79.4 Å². The molecule has 2 fully saturated rings. The van der Waals surface area contributed by atoms with E-state index in [0.717, 1.165) is 50.5 Å². The van der Waals surface area contributed by atoms with E-state index in [2.05, 4.69) is 15.6 Å². The number of pyridine rings is 1. The van der Waals surface area contributed by atoms with E-state index < -0.39 is 17.9 Å². The minimum absolute atomic E-state index is 0.0590. The SMILES string of the molecule is CN[C@@H](C)C(=O)N[C@H](C(=O)N1CCC[C@H]1c1cncc(C(=O)c2ccc(F)cc2)c1)C1CCCCC1. The predicted molar refractivity (Wildman–Crippen MR) is 135 cm³/mol. The van der Waals surface area contributed by atoms with Gasteiger partial charge in [-0.1, -0.05) is 19.3 Å². The first kappa shape index (κ1) is 25.9. The summed E-state index contributed by atoms with van der Waals surface area (Å²) in [5.41, 5.74) is 1.58. The van der Waals surface area contributed by atoms with E-state index in [1.807, 2.05) is 4.90 Å². The zero-order valence-corrected chi connectivity index (χ0v) is 21.0. The topological polar surface area (TPSA) is 91.4 Å². The standard InChI is InChI=1S/C28H35FN4O3/c1-18(30-2)27(35)32-25(19-7-4-3-5-8-19)28(36)33-14-6-9-24(33)21-15-22(17-31-16-21)26(34)20-10-12-23(29)13-11-20/h10-13,15-19,24-25,30H,3-9,14H2,1-2H3,(H,32,35)/t18-,24-,25-/m0/s1. The number of aromatic nitrogens is 1. The summed E-state index contributed by atoms with van der Waals surface area (Å²) in [7, 11) is 1.73. The molecule has 36 heavy (non-hydrogen) atoms. The van der Waals surface area contributed by atoms with Gasteiger partial charge in [0.2, 0.25) is 11.8 Å². The third-order valence-corrected chi connectivity index (χ3v) is 7.56. The first-order chi connectivity index (χ1) is 17.4. The van der Waals surface area contributed by atoms with Gasteiger partial charge in [0, 0.05) is 30.1 Å². The van der Waals surface area contributed by atoms with Crippen LogP contribution in [0.15, 0.2) is 42.7 Å². The van der Waals surface area contributed by atoms with Gasteiger partial charge in [-0.15, -0.1) is 0 Å². The van der Waals surface area contributed by atoms with E-state index in [1.165, 1.54) is 30.5 Å². The van der Waals surface area contributed by atoms with Crippen molar-refractivity contribution in [3.63, 3.8) is 0 Å². The van der Waals surface area contributed by atoms with Crippen LogP contribution in [0.25, 0.3) is 0 Å². The molecule has 8 heteroatoms. The molecule has 2 N–H and O–H groups in total. The number of likely N-dealkylation sites (tertiary alicyclic amines) is 1. The smallest absolute Gasteiger partial charge is 0.245 e. The van der Waals surface area contributed by atoms with Crippen LogP contribution < -0.4 is 10.6 Å². The highest BCUT2D eigenvalue weighted by Gasteiger charge is 2.39. The molecule has 7 nitrogen and oxygen atoms in total. The third kappa shape index (κ3) is 5.81. The van der Waals surface area contributed by atoms with Crippen molar-refractivity contribution in [2.24, 2.45) is 5.92 Å². The zero-order chi connectivity index (χ0) is 25.7. The Bertz CT molecular complexity index is 1080. The van der Waals surface area contributed by atoms with Crippen LogP contribution in [0.4, 0.5) is 4.39 Å². The highest BCUT2D eigenvalue weighted by Crippen LogP contribution is 2.35. The molecule has 192 valence electrons. The molecule has 2 aliphatic rings. The summed E-state index contributed by atoms with van der Waals surface area (Å²) in [5.74, 6) is -0.761. The molecule has 0 bridgehead atoms. The Labute approximate surface area is 211 Å². The van der Waals surface area contributed by atoms with Crippen molar-refractivity contribution in [3.05, 3.63) is 65.2 Å². The Morgan fingerprint density at radius 3 is 2.42 bits per heavy atom. The Hall–Kier alpha value is -3.13. The average Bonchev–Trinajstić information content (AvgIpc) is 3.41. The number of hydrogen-bond acceptors (Lipinski definition) is 5. The van der Waals surface area contributed by atoms with Gasteiger partial charge in [-0.05, 0) is 81.5 Å². The van der Waals surface area contributed by atoms with Crippen LogP contribution in [-0.4, -0.2) is 53.2 Å². The molecule has 2 aromatic rings. The number of benzene rings is 1.